The molecule has 0 amide bonds. The summed E-state index contributed by atoms with van der Waals surface area (Å²) in [5, 5.41) is 3.27. The van der Waals surface area contributed by atoms with E-state index in [-0.39, 0.29) is 5.82 Å². The summed E-state index contributed by atoms with van der Waals surface area (Å²) in [4.78, 5) is 6.19. The van der Waals surface area contributed by atoms with Gasteiger partial charge in [-0.3, -0.25) is 4.99 Å². The third kappa shape index (κ3) is 4.96. The van der Waals surface area contributed by atoms with Gasteiger partial charge in [0.25, 0.3) is 0 Å². The van der Waals surface area contributed by atoms with Gasteiger partial charge in [0.1, 0.15) is 5.82 Å². The smallest absolute Gasteiger partial charge is 0.193 e. The van der Waals surface area contributed by atoms with Crippen molar-refractivity contribution in [1.29, 1.82) is 0 Å². The summed E-state index contributed by atoms with van der Waals surface area (Å²) in [7, 11) is 3.70. The Kier molecular flexibility index (Phi) is 6.57. The molecule has 100 valence electrons. The first-order chi connectivity index (χ1) is 8.67. The summed E-state index contributed by atoms with van der Waals surface area (Å²) in [6.07, 6.45) is 2.07. The number of aliphatic imine (C=N–C) groups is 1. The maximum absolute atomic E-state index is 13.1. The van der Waals surface area contributed by atoms with Crippen LogP contribution in [0.25, 0.3) is 0 Å². The van der Waals surface area contributed by atoms with Crippen molar-refractivity contribution in [1.82, 2.24) is 10.2 Å². The van der Waals surface area contributed by atoms with Crippen LogP contribution in [0.2, 0.25) is 0 Å². The van der Waals surface area contributed by atoms with Crippen LogP contribution in [0, 0.1) is 5.82 Å². The first-order valence-electron chi connectivity index (χ1n) is 5.82. The summed E-state index contributed by atoms with van der Waals surface area (Å²) in [6.45, 7) is 1.51. The number of nitrogens with zero attached hydrogens (tertiary/aromatic N) is 2. The average Bonchev–Trinajstić information content (AvgIpc) is 2.34. The minimum Gasteiger partial charge on any atom is -0.355 e. The van der Waals surface area contributed by atoms with Gasteiger partial charge >= 0.3 is 0 Å². The van der Waals surface area contributed by atoms with Crippen LogP contribution in [0.4, 0.5) is 4.39 Å². The molecule has 5 heteroatoms. The lowest BCUT2D eigenvalue weighted by Crippen LogP contribution is -2.39. The topological polar surface area (TPSA) is 27.6 Å². The van der Waals surface area contributed by atoms with Gasteiger partial charge in [0, 0.05) is 32.9 Å². The fraction of sp³-hybridized carbons (Fsp3) is 0.462. The second-order valence-corrected chi connectivity index (χ2v) is 4.94. The number of rotatable bonds is 5. The first-order valence-corrected chi connectivity index (χ1v) is 7.22. The average molecular weight is 269 g/mol. The van der Waals surface area contributed by atoms with Gasteiger partial charge in [0.2, 0.25) is 0 Å². The maximum Gasteiger partial charge on any atom is 0.193 e. The molecule has 0 saturated heterocycles. The predicted octanol–water partition coefficient (Wildman–Crippen LogP) is 2.20. The summed E-state index contributed by atoms with van der Waals surface area (Å²) in [6, 6.07) is 6.64. The van der Waals surface area contributed by atoms with Crippen molar-refractivity contribution in [2.75, 3.05) is 32.6 Å². The van der Waals surface area contributed by atoms with E-state index < -0.39 is 0 Å². The Morgan fingerprint density at radius 2 is 2.28 bits per heavy atom. The Labute approximate surface area is 112 Å². The molecule has 0 fully saturated rings. The van der Waals surface area contributed by atoms with Crippen LogP contribution in [-0.4, -0.2) is 43.5 Å². The Bertz CT molecular complexity index is 396. The molecule has 3 nitrogen and oxygen atoms in total. The molecule has 1 aromatic carbocycles. The number of nitrogens with one attached hydrogen (secondary N) is 1. The van der Waals surface area contributed by atoms with Crippen molar-refractivity contribution in [3.63, 3.8) is 0 Å². The highest BCUT2D eigenvalue weighted by Gasteiger charge is 2.06. The zero-order valence-electron chi connectivity index (χ0n) is 11.1. The second-order valence-electron chi connectivity index (χ2n) is 3.95. The van der Waals surface area contributed by atoms with Gasteiger partial charge in [-0.1, -0.05) is 12.1 Å². The molecule has 1 aromatic rings. The Hall–Kier alpha value is -1.23. The van der Waals surface area contributed by atoms with Gasteiger partial charge in [-0.15, -0.1) is 0 Å². The number of guanidine groups is 1. The third-order valence-electron chi connectivity index (χ3n) is 2.47. The van der Waals surface area contributed by atoms with Gasteiger partial charge < -0.3 is 10.2 Å². The summed E-state index contributed by atoms with van der Waals surface area (Å²) < 4.78 is 13.1. The van der Waals surface area contributed by atoms with Crippen LogP contribution in [0.15, 0.2) is 29.3 Å². The van der Waals surface area contributed by atoms with E-state index >= 15 is 0 Å². The molecule has 0 spiro atoms. The molecule has 0 radical (unpaired) electrons. The summed E-state index contributed by atoms with van der Waals surface area (Å²) in [5.41, 5.74) is 0.935. The minimum atomic E-state index is -0.203. The van der Waals surface area contributed by atoms with Crippen molar-refractivity contribution in [3.05, 3.63) is 35.6 Å². The van der Waals surface area contributed by atoms with E-state index in [1.54, 1.807) is 30.9 Å². The molecule has 0 bridgehead atoms. The molecule has 18 heavy (non-hydrogen) atoms. The maximum atomic E-state index is 13.1. The number of benzene rings is 1. The van der Waals surface area contributed by atoms with E-state index in [0.717, 1.165) is 23.8 Å². The molecule has 0 saturated carbocycles. The number of hydrogen-bond acceptors (Lipinski definition) is 2. The molecule has 0 atom stereocenters. The van der Waals surface area contributed by atoms with Gasteiger partial charge in [0.15, 0.2) is 5.96 Å². The molecule has 0 aromatic heterocycles. The highest BCUT2D eigenvalue weighted by molar-refractivity contribution is 7.98. The highest BCUT2D eigenvalue weighted by atomic mass is 32.2. The van der Waals surface area contributed by atoms with Crippen LogP contribution in [0.5, 0.6) is 0 Å². The number of hydrogen-bond donors (Lipinski definition) is 1. The molecule has 0 aliphatic rings. The first kappa shape index (κ1) is 14.8. The molecule has 0 unspecified atom stereocenters. The van der Waals surface area contributed by atoms with E-state index in [4.69, 9.17) is 0 Å². The molecule has 1 rings (SSSR count). The van der Waals surface area contributed by atoms with E-state index in [1.165, 1.54) is 6.07 Å². The van der Waals surface area contributed by atoms with Crippen molar-refractivity contribution in [2.24, 2.45) is 4.99 Å². The van der Waals surface area contributed by atoms with E-state index in [0.29, 0.717) is 6.54 Å². The normalized spacial score (nSPS) is 11.4. The standard InChI is InChI=1S/C13H20FN3S/c1-15-13(16-7-8-18-3)17(2)10-11-5-4-6-12(14)9-11/h4-6,9H,7-8,10H2,1-3H3,(H,15,16). The summed E-state index contributed by atoms with van der Waals surface area (Å²) >= 11 is 1.79. The van der Waals surface area contributed by atoms with Crippen LogP contribution >= 0.6 is 11.8 Å². The predicted molar refractivity (Wildman–Crippen MR) is 77.6 cm³/mol. The van der Waals surface area contributed by atoms with Crippen LogP contribution in [-0.2, 0) is 6.54 Å². The lowest BCUT2D eigenvalue weighted by molar-refractivity contribution is 0.477. The number of halogens is 1. The second kappa shape index (κ2) is 7.97. The Balaban J connectivity index is 2.54. The van der Waals surface area contributed by atoms with Crippen LogP contribution < -0.4 is 5.32 Å². The lowest BCUT2D eigenvalue weighted by atomic mass is 10.2. The monoisotopic (exact) mass is 269 g/mol. The van der Waals surface area contributed by atoms with Crippen LogP contribution in [0.3, 0.4) is 0 Å². The molecule has 0 heterocycles. The Morgan fingerprint density at radius 3 is 2.89 bits per heavy atom. The molecular formula is C13H20FN3S. The molecule has 0 aliphatic heterocycles. The zero-order valence-corrected chi connectivity index (χ0v) is 11.9. The van der Waals surface area contributed by atoms with Gasteiger partial charge in [-0.05, 0) is 24.0 Å². The van der Waals surface area contributed by atoms with E-state index in [1.807, 2.05) is 18.0 Å². The fourth-order valence-electron chi connectivity index (χ4n) is 1.63. The van der Waals surface area contributed by atoms with Crippen molar-refractivity contribution in [3.8, 4) is 0 Å². The van der Waals surface area contributed by atoms with Crippen molar-refractivity contribution < 1.29 is 4.39 Å². The van der Waals surface area contributed by atoms with E-state index in [9.17, 15) is 4.39 Å². The zero-order chi connectivity index (χ0) is 13.4. The largest absolute Gasteiger partial charge is 0.355 e. The molecular weight excluding hydrogens is 249 g/mol. The Morgan fingerprint density at radius 1 is 1.50 bits per heavy atom. The number of thioether (sulfide) groups is 1. The fourth-order valence-corrected chi connectivity index (χ4v) is 1.94. The molecule has 1 N–H and O–H groups in total. The van der Waals surface area contributed by atoms with Crippen molar-refractivity contribution >= 4 is 17.7 Å². The summed E-state index contributed by atoms with van der Waals surface area (Å²) in [5.74, 6) is 1.66. The van der Waals surface area contributed by atoms with Gasteiger partial charge in [-0.25, -0.2) is 4.39 Å². The quantitative estimate of drug-likeness (QED) is 0.504. The van der Waals surface area contributed by atoms with Crippen molar-refractivity contribution in [2.45, 2.75) is 6.54 Å². The molecule has 0 aliphatic carbocycles. The highest BCUT2D eigenvalue weighted by Crippen LogP contribution is 2.06. The minimum absolute atomic E-state index is 0.203. The van der Waals surface area contributed by atoms with Gasteiger partial charge in [0.05, 0.1) is 0 Å². The SMILES string of the molecule is CN=C(NCCSC)N(C)Cc1cccc(F)c1. The third-order valence-corrected chi connectivity index (χ3v) is 3.08. The van der Waals surface area contributed by atoms with Gasteiger partial charge in [-0.2, -0.15) is 11.8 Å². The van der Waals surface area contributed by atoms with Crippen LogP contribution in [0.1, 0.15) is 5.56 Å². The lowest BCUT2D eigenvalue weighted by Gasteiger charge is -2.22. The van der Waals surface area contributed by atoms with E-state index in [2.05, 4.69) is 16.6 Å².